The minimum atomic E-state index is -0.0626. The van der Waals surface area contributed by atoms with Gasteiger partial charge in [-0.05, 0) is 32.3 Å². The minimum Gasteiger partial charge on any atom is -0.350 e. The maximum atomic E-state index is 12.3. The highest BCUT2D eigenvalue weighted by atomic mass is 32.1. The quantitative estimate of drug-likeness (QED) is 0.830. The number of nitrogens with zero attached hydrogens (tertiary/aromatic N) is 2. The monoisotopic (exact) mass is 386 g/mol. The standard InChI is InChI=1S/C20H26N4O2S/c1-14-3-5-16(6-4-14)11-22-20(26)24-9-7-17(8-10-24)19(25)21-12-18-13-27-15(2)23-18/h3-6,13,17H,7-12H2,1-2H3,(H,21,25)(H,22,26). The van der Waals surface area contributed by atoms with Gasteiger partial charge in [-0.1, -0.05) is 29.8 Å². The average molecular weight is 387 g/mol. The van der Waals surface area contributed by atoms with Crippen LogP contribution in [0.3, 0.4) is 0 Å². The Balaban J connectivity index is 1.39. The van der Waals surface area contributed by atoms with Crippen LogP contribution in [0, 0.1) is 19.8 Å². The maximum Gasteiger partial charge on any atom is 0.317 e. The number of thiazole rings is 1. The fraction of sp³-hybridized carbons (Fsp3) is 0.450. The molecule has 144 valence electrons. The van der Waals surface area contributed by atoms with Crippen molar-refractivity contribution < 1.29 is 9.59 Å². The number of hydrogen-bond donors (Lipinski definition) is 2. The molecule has 0 atom stereocenters. The van der Waals surface area contributed by atoms with E-state index in [0.717, 1.165) is 16.3 Å². The number of likely N-dealkylation sites (tertiary alicyclic amines) is 1. The summed E-state index contributed by atoms with van der Waals surface area (Å²) in [6, 6.07) is 8.07. The third kappa shape index (κ3) is 5.53. The molecule has 2 heterocycles. The van der Waals surface area contributed by atoms with E-state index in [1.165, 1.54) is 5.56 Å². The Morgan fingerprint density at radius 1 is 1.11 bits per heavy atom. The molecule has 0 bridgehead atoms. The number of urea groups is 1. The number of aromatic nitrogens is 1. The fourth-order valence-corrected chi connectivity index (χ4v) is 3.76. The second-order valence-corrected chi connectivity index (χ2v) is 8.04. The highest BCUT2D eigenvalue weighted by Crippen LogP contribution is 2.18. The van der Waals surface area contributed by atoms with Crippen molar-refractivity contribution in [2.24, 2.45) is 5.92 Å². The normalized spacial score (nSPS) is 14.8. The summed E-state index contributed by atoms with van der Waals surface area (Å²) in [4.78, 5) is 30.8. The van der Waals surface area contributed by atoms with Crippen LogP contribution in [0.15, 0.2) is 29.6 Å². The third-order valence-electron chi connectivity index (χ3n) is 4.83. The largest absolute Gasteiger partial charge is 0.350 e. The predicted octanol–water partition coefficient (Wildman–Crippen LogP) is 3.00. The van der Waals surface area contributed by atoms with Crippen LogP contribution in [0.2, 0.25) is 0 Å². The van der Waals surface area contributed by atoms with E-state index in [-0.39, 0.29) is 17.9 Å². The lowest BCUT2D eigenvalue weighted by molar-refractivity contribution is -0.126. The van der Waals surface area contributed by atoms with E-state index in [9.17, 15) is 9.59 Å². The summed E-state index contributed by atoms with van der Waals surface area (Å²) in [5, 5.41) is 8.90. The molecule has 6 nitrogen and oxygen atoms in total. The van der Waals surface area contributed by atoms with Gasteiger partial charge in [0.05, 0.1) is 17.2 Å². The van der Waals surface area contributed by atoms with Crippen molar-refractivity contribution in [3.63, 3.8) is 0 Å². The Morgan fingerprint density at radius 3 is 2.44 bits per heavy atom. The average Bonchev–Trinajstić information content (AvgIpc) is 3.11. The zero-order chi connectivity index (χ0) is 19.2. The first kappa shape index (κ1) is 19.4. The number of rotatable bonds is 5. The Hall–Kier alpha value is -2.41. The van der Waals surface area contributed by atoms with Crippen molar-refractivity contribution in [2.75, 3.05) is 13.1 Å². The van der Waals surface area contributed by atoms with Crippen LogP contribution in [-0.2, 0) is 17.9 Å². The molecular weight excluding hydrogens is 360 g/mol. The fourth-order valence-electron chi connectivity index (χ4n) is 3.15. The molecule has 0 saturated carbocycles. The molecule has 3 amide bonds. The summed E-state index contributed by atoms with van der Waals surface area (Å²) in [6.07, 6.45) is 1.39. The van der Waals surface area contributed by atoms with E-state index in [0.29, 0.717) is 39.0 Å². The highest BCUT2D eigenvalue weighted by Gasteiger charge is 2.27. The van der Waals surface area contributed by atoms with Crippen LogP contribution >= 0.6 is 11.3 Å². The van der Waals surface area contributed by atoms with Gasteiger partial charge < -0.3 is 15.5 Å². The first-order chi connectivity index (χ1) is 13.0. The Labute approximate surface area is 164 Å². The Kier molecular flexibility index (Phi) is 6.45. The van der Waals surface area contributed by atoms with E-state index in [4.69, 9.17) is 0 Å². The zero-order valence-electron chi connectivity index (χ0n) is 15.8. The van der Waals surface area contributed by atoms with E-state index < -0.39 is 0 Å². The SMILES string of the molecule is Cc1ccc(CNC(=O)N2CCC(C(=O)NCc3csc(C)n3)CC2)cc1. The molecule has 1 aromatic carbocycles. The lowest BCUT2D eigenvalue weighted by Gasteiger charge is -2.31. The summed E-state index contributed by atoms with van der Waals surface area (Å²) in [5.41, 5.74) is 3.19. The lowest BCUT2D eigenvalue weighted by Crippen LogP contribution is -2.46. The molecule has 1 saturated heterocycles. The Bertz CT molecular complexity index is 780. The number of carbonyl (C=O) groups is 2. The second kappa shape index (κ2) is 8.99. The van der Waals surface area contributed by atoms with Crippen molar-refractivity contribution in [1.82, 2.24) is 20.5 Å². The molecule has 7 heteroatoms. The summed E-state index contributed by atoms with van der Waals surface area (Å²) in [7, 11) is 0. The van der Waals surface area contributed by atoms with Gasteiger partial charge in [0, 0.05) is 30.9 Å². The maximum absolute atomic E-state index is 12.3. The van der Waals surface area contributed by atoms with Crippen LogP contribution in [0.5, 0.6) is 0 Å². The van der Waals surface area contributed by atoms with Crippen LogP contribution in [0.4, 0.5) is 4.79 Å². The summed E-state index contributed by atoms with van der Waals surface area (Å²) in [6.45, 7) is 6.20. The molecule has 3 rings (SSSR count). The van der Waals surface area contributed by atoms with Gasteiger partial charge in [0.1, 0.15) is 0 Å². The van der Waals surface area contributed by atoms with Gasteiger partial charge in [0.15, 0.2) is 0 Å². The summed E-state index contributed by atoms with van der Waals surface area (Å²) >= 11 is 1.59. The third-order valence-corrected chi connectivity index (χ3v) is 5.65. The van der Waals surface area contributed by atoms with Gasteiger partial charge >= 0.3 is 6.03 Å². The highest BCUT2D eigenvalue weighted by molar-refractivity contribution is 7.09. The molecule has 1 aliphatic rings. The molecule has 0 unspecified atom stereocenters. The summed E-state index contributed by atoms with van der Waals surface area (Å²) in [5.74, 6) is 0.0197. The van der Waals surface area contributed by atoms with Crippen LogP contribution in [-0.4, -0.2) is 34.9 Å². The molecule has 2 N–H and O–H groups in total. The van der Waals surface area contributed by atoms with Gasteiger partial charge in [0.2, 0.25) is 5.91 Å². The van der Waals surface area contributed by atoms with Crippen LogP contribution < -0.4 is 10.6 Å². The first-order valence-corrected chi connectivity index (χ1v) is 10.2. The van der Waals surface area contributed by atoms with E-state index in [1.54, 1.807) is 16.2 Å². The smallest absolute Gasteiger partial charge is 0.317 e. The van der Waals surface area contributed by atoms with E-state index in [1.807, 2.05) is 43.5 Å². The number of nitrogens with one attached hydrogen (secondary N) is 2. The molecule has 1 aromatic heterocycles. The second-order valence-electron chi connectivity index (χ2n) is 6.98. The van der Waals surface area contributed by atoms with Crippen molar-refractivity contribution in [3.05, 3.63) is 51.5 Å². The van der Waals surface area contributed by atoms with Gasteiger partial charge in [0.25, 0.3) is 0 Å². The number of benzene rings is 1. The molecule has 0 spiro atoms. The molecule has 1 aliphatic heterocycles. The minimum absolute atomic E-state index is 0.0362. The number of aryl methyl sites for hydroxylation is 2. The molecule has 27 heavy (non-hydrogen) atoms. The van der Waals surface area contributed by atoms with Crippen LogP contribution in [0.1, 0.15) is 34.7 Å². The van der Waals surface area contributed by atoms with Gasteiger partial charge in [-0.3, -0.25) is 4.79 Å². The van der Waals surface area contributed by atoms with E-state index >= 15 is 0 Å². The van der Waals surface area contributed by atoms with Crippen molar-refractivity contribution >= 4 is 23.3 Å². The van der Waals surface area contributed by atoms with Crippen molar-refractivity contribution in [2.45, 2.75) is 39.8 Å². The topological polar surface area (TPSA) is 74.3 Å². The van der Waals surface area contributed by atoms with Crippen LogP contribution in [0.25, 0.3) is 0 Å². The number of piperidine rings is 1. The number of amides is 3. The first-order valence-electron chi connectivity index (χ1n) is 9.28. The summed E-state index contributed by atoms with van der Waals surface area (Å²) < 4.78 is 0. The van der Waals surface area contributed by atoms with Gasteiger partial charge in [-0.15, -0.1) is 11.3 Å². The lowest BCUT2D eigenvalue weighted by atomic mass is 9.96. The van der Waals surface area contributed by atoms with Crippen molar-refractivity contribution in [3.8, 4) is 0 Å². The molecular formula is C20H26N4O2S. The van der Waals surface area contributed by atoms with Gasteiger partial charge in [-0.25, -0.2) is 9.78 Å². The molecule has 0 radical (unpaired) electrons. The van der Waals surface area contributed by atoms with Crippen molar-refractivity contribution in [1.29, 1.82) is 0 Å². The Morgan fingerprint density at radius 2 is 1.81 bits per heavy atom. The molecule has 2 aromatic rings. The van der Waals surface area contributed by atoms with E-state index in [2.05, 4.69) is 15.6 Å². The molecule has 1 fully saturated rings. The number of carbonyl (C=O) groups excluding carboxylic acids is 2. The molecule has 0 aliphatic carbocycles. The zero-order valence-corrected chi connectivity index (χ0v) is 16.6. The predicted molar refractivity (Wildman–Crippen MR) is 106 cm³/mol. The number of hydrogen-bond acceptors (Lipinski definition) is 4. The van der Waals surface area contributed by atoms with Gasteiger partial charge in [-0.2, -0.15) is 0 Å².